The van der Waals surface area contributed by atoms with Crippen LogP contribution in [0.4, 0.5) is 0 Å². The van der Waals surface area contributed by atoms with E-state index in [1.165, 1.54) is 23.5 Å². The third kappa shape index (κ3) is 2.83. The van der Waals surface area contributed by atoms with Gasteiger partial charge in [-0.05, 0) is 25.9 Å². The van der Waals surface area contributed by atoms with Gasteiger partial charge in [-0.25, -0.2) is 15.0 Å². The summed E-state index contributed by atoms with van der Waals surface area (Å²) < 4.78 is 1.72. The van der Waals surface area contributed by atoms with Crippen LogP contribution in [0.3, 0.4) is 0 Å². The third-order valence-corrected chi connectivity index (χ3v) is 4.27. The minimum atomic E-state index is -0.0612. The predicted octanol–water partition coefficient (Wildman–Crippen LogP) is 2.74. The molecule has 2 aromatic rings. The molecule has 108 valence electrons. The van der Waals surface area contributed by atoms with E-state index in [9.17, 15) is 4.79 Å². The topological polar surface area (TPSA) is 60.7 Å². The Labute approximate surface area is 126 Å². The van der Waals surface area contributed by atoms with Crippen molar-refractivity contribution in [1.29, 1.82) is 0 Å². The van der Waals surface area contributed by atoms with Crippen LogP contribution < -0.4 is 5.56 Å². The molecular weight excluding hydrogens is 292 g/mol. The molecule has 0 aliphatic rings. The lowest BCUT2D eigenvalue weighted by Crippen LogP contribution is -2.25. The van der Waals surface area contributed by atoms with Gasteiger partial charge in [-0.1, -0.05) is 25.1 Å². The molecule has 0 N–H and O–H groups in total. The Morgan fingerprint density at radius 3 is 2.45 bits per heavy atom. The second-order valence-electron chi connectivity index (χ2n) is 4.39. The van der Waals surface area contributed by atoms with Crippen LogP contribution >= 0.6 is 23.5 Å². The monoisotopic (exact) mass is 310 g/mol. The quantitative estimate of drug-likeness (QED) is 0.481. The van der Waals surface area contributed by atoms with Gasteiger partial charge < -0.3 is 0 Å². The summed E-state index contributed by atoms with van der Waals surface area (Å²) in [6.45, 7) is 4.66. The minimum absolute atomic E-state index is 0.0612. The number of fused-ring (bicyclic) bond motifs is 1. The molecule has 0 bridgehead atoms. The zero-order valence-corrected chi connectivity index (χ0v) is 13.8. The van der Waals surface area contributed by atoms with E-state index in [4.69, 9.17) is 0 Å². The first-order valence-electron chi connectivity index (χ1n) is 6.49. The fourth-order valence-electron chi connectivity index (χ4n) is 1.97. The molecule has 0 radical (unpaired) electrons. The highest BCUT2D eigenvalue weighted by Crippen LogP contribution is 2.23. The normalized spacial score (nSPS) is 11.2. The van der Waals surface area contributed by atoms with Gasteiger partial charge >= 0.3 is 0 Å². The molecule has 0 saturated carbocycles. The van der Waals surface area contributed by atoms with Crippen LogP contribution in [0.15, 0.2) is 15.0 Å². The zero-order chi connectivity index (χ0) is 14.7. The highest BCUT2D eigenvalue weighted by Gasteiger charge is 2.15. The van der Waals surface area contributed by atoms with E-state index in [-0.39, 0.29) is 5.56 Å². The van der Waals surface area contributed by atoms with Crippen molar-refractivity contribution >= 4 is 34.6 Å². The van der Waals surface area contributed by atoms with Gasteiger partial charge in [-0.15, -0.1) is 11.8 Å². The fourth-order valence-corrected chi connectivity index (χ4v) is 2.91. The molecule has 0 saturated heterocycles. The highest BCUT2D eigenvalue weighted by atomic mass is 32.2. The molecule has 0 amide bonds. The van der Waals surface area contributed by atoms with Crippen LogP contribution in [0.5, 0.6) is 0 Å². The van der Waals surface area contributed by atoms with Crippen molar-refractivity contribution in [1.82, 2.24) is 19.5 Å². The lowest BCUT2D eigenvalue weighted by molar-refractivity contribution is 0.589. The molecule has 0 spiro atoms. The summed E-state index contributed by atoms with van der Waals surface area (Å²) in [6.07, 6.45) is 5.84. The van der Waals surface area contributed by atoms with Gasteiger partial charge in [0.05, 0.1) is 0 Å². The molecule has 5 nitrogen and oxygen atoms in total. The largest absolute Gasteiger partial charge is 0.295 e. The van der Waals surface area contributed by atoms with Gasteiger partial charge in [0.2, 0.25) is 0 Å². The SMILES string of the molecule is CCCCn1c(C)nc2c(SC)nc(SC)nc2c1=O. The van der Waals surface area contributed by atoms with Crippen LogP contribution in [0, 0.1) is 6.92 Å². The maximum atomic E-state index is 12.6. The van der Waals surface area contributed by atoms with Crippen molar-refractivity contribution in [3.8, 4) is 0 Å². The molecule has 0 fully saturated rings. The van der Waals surface area contributed by atoms with Crippen LogP contribution in [-0.4, -0.2) is 32.0 Å². The van der Waals surface area contributed by atoms with Crippen LogP contribution in [-0.2, 0) is 6.54 Å². The van der Waals surface area contributed by atoms with Gasteiger partial charge in [-0.2, -0.15) is 0 Å². The van der Waals surface area contributed by atoms with E-state index >= 15 is 0 Å². The van der Waals surface area contributed by atoms with Gasteiger partial charge in [0.25, 0.3) is 5.56 Å². The first-order chi connectivity index (χ1) is 9.62. The van der Waals surface area contributed by atoms with E-state index in [2.05, 4.69) is 21.9 Å². The maximum Gasteiger partial charge on any atom is 0.280 e. The number of rotatable bonds is 5. The maximum absolute atomic E-state index is 12.6. The molecular formula is C13H18N4OS2. The third-order valence-electron chi connectivity index (χ3n) is 3.05. The van der Waals surface area contributed by atoms with Gasteiger partial charge in [0, 0.05) is 6.54 Å². The molecule has 0 atom stereocenters. The summed E-state index contributed by atoms with van der Waals surface area (Å²) in [4.78, 5) is 25.9. The lowest BCUT2D eigenvalue weighted by Gasteiger charge is -2.11. The van der Waals surface area contributed by atoms with Crippen molar-refractivity contribution in [2.45, 2.75) is 43.4 Å². The molecule has 2 heterocycles. The molecule has 20 heavy (non-hydrogen) atoms. The Morgan fingerprint density at radius 2 is 1.85 bits per heavy atom. The van der Waals surface area contributed by atoms with E-state index in [1.54, 1.807) is 4.57 Å². The summed E-state index contributed by atoms with van der Waals surface area (Å²) >= 11 is 2.93. The Balaban J connectivity index is 2.73. The average molecular weight is 310 g/mol. The number of aromatic nitrogens is 4. The van der Waals surface area contributed by atoms with Crippen LogP contribution in [0.2, 0.25) is 0 Å². The molecule has 7 heteroatoms. The molecule has 0 unspecified atom stereocenters. The average Bonchev–Trinajstić information content (AvgIpc) is 2.46. The summed E-state index contributed by atoms with van der Waals surface area (Å²) in [6, 6.07) is 0. The zero-order valence-electron chi connectivity index (χ0n) is 12.1. The second-order valence-corrected chi connectivity index (χ2v) is 5.95. The highest BCUT2D eigenvalue weighted by molar-refractivity contribution is 7.99. The van der Waals surface area contributed by atoms with Gasteiger partial charge in [0.15, 0.2) is 10.7 Å². The first kappa shape index (κ1) is 15.3. The standard InChI is InChI=1S/C13H18N4OS2/c1-5-6-7-17-8(2)14-9-10(12(17)18)15-13(20-4)16-11(9)19-3/h5-7H2,1-4H3. The number of hydrogen-bond acceptors (Lipinski definition) is 6. The Kier molecular flexibility index (Phi) is 5.04. The van der Waals surface area contributed by atoms with E-state index < -0.39 is 0 Å². The van der Waals surface area contributed by atoms with E-state index in [1.807, 2.05) is 19.4 Å². The molecule has 0 aliphatic carbocycles. The Bertz CT molecular complexity index is 684. The fraction of sp³-hybridized carbons (Fsp3) is 0.538. The summed E-state index contributed by atoms with van der Waals surface area (Å²) in [5.74, 6) is 0.728. The minimum Gasteiger partial charge on any atom is -0.295 e. The van der Waals surface area contributed by atoms with E-state index in [0.29, 0.717) is 22.7 Å². The second kappa shape index (κ2) is 6.58. The van der Waals surface area contributed by atoms with Gasteiger partial charge in [0.1, 0.15) is 16.4 Å². The summed E-state index contributed by atoms with van der Waals surface area (Å²) in [5, 5.41) is 1.38. The van der Waals surface area contributed by atoms with Gasteiger partial charge in [-0.3, -0.25) is 9.36 Å². The number of nitrogens with zero attached hydrogens (tertiary/aromatic N) is 4. The molecule has 2 rings (SSSR count). The number of thioether (sulfide) groups is 2. The smallest absolute Gasteiger partial charge is 0.280 e. The van der Waals surface area contributed by atoms with Crippen LogP contribution in [0.25, 0.3) is 11.0 Å². The van der Waals surface area contributed by atoms with Crippen molar-refractivity contribution in [3.63, 3.8) is 0 Å². The summed E-state index contributed by atoms with van der Waals surface area (Å²) in [7, 11) is 0. The van der Waals surface area contributed by atoms with Crippen LogP contribution in [0.1, 0.15) is 25.6 Å². The molecule has 0 aromatic carbocycles. The van der Waals surface area contributed by atoms with E-state index in [0.717, 1.165) is 23.7 Å². The molecule has 2 aromatic heterocycles. The van der Waals surface area contributed by atoms with Crippen molar-refractivity contribution in [2.24, 2.45) is 0 Å². The first-order valence-corrected chi connectivity index (χ1v) is 8.94. The lowest BCUT2D eigenvalue weighted by atomic mass is 10.3. The number of unbranched alkanes of at least 4 members (excludes halogenated alkanes) is 1. The Hall–Kier alpha value is -1.08. The van der Waals surface area contributed by atoms with Crippen molar-refractivity contribution in [2.75, 3.05) is 12.5 Å². The van der Waals surface area contributed by atoms with Crippen molar-refractivity contribution < 1.29 is 0 Å². The predicted molar refractivity (Wildman–Crippen MR) is 84.8 cm³/mol. The summed E-state index contributed by atoms with van der Waals surface area (Å²) in [5.41, 5.74) is 0.981. The number of aryl methyl sites for hydroxylation is 1. The molecule has 0 aliphatic heterocycles. The van der Waals surface area contributed by atoms with Crippen molar-refractivity contribution in [3.05, 3.63) is 16.2 Å². The Morgan fingerprint density at radius 1 is 1.10 bits per heavy atom. The number of hydrogen-bond donors (Lipinski definition) is 0.